The summed E-state index contributed by atoms with van der Waals surface area (Å²) in [7, 11) is 0. The summed E-state index contributed by atoms with van der Waals surface area (Å²) < 4.78 is 0. The van der Waals surface area contributed by atoms with Crippen LogP contribution in [0.5, 0.6) is 5.75 Å². The molecule has 0 bridgehead atoms. The zero-order chi connectivity index (χ0) is 13.7. The van der Waals surface area contributed by atoms with Crippen LogP contribution in [-0.2, 0) is 0 Å². The first-order valence-corrected chi connectivity index (χ1v) is 7.27. The first-order valence-electron chi connectivity index (χ1n) is 7.27. The fourth-order valence-corrected chi connectivity index (χ4v) is 2.75. The molecule has 0 amide bonds. The highest BCUT2D eigenvalue weighted by atomic mass is 16.3. The Morgan fingerprint density at radius 1 is 1.26 bits per heavy atom. The maximum Gasteiger partial charge on any atom is 0.170 e. The summed E-state index contributed by atoms with van der Waals surface area (Å²) in [5.41, 5.74) is 0.464. The van der Waals surface area contributed by atoms with Gasteiger partial charge in [0, 0.05) is 12.5 Å². The van der Waals surface area contributed by atoms with Gasteiger partial charge in [-0.05, 0) is 44.5 Å². The number of aromatic hydroxyl groups is 1. The first kappa shape index (κ1) is 14.1. The van der Waals surface area contributed by atoms with E-state index in [-0.39, 0.29) is 17.5 Å². The van der Waals surface area contributed by atoms with Crippen molar-refractivity contribution in [1.82, 2.24) is 4.90 Å². The molecule has 0 saturated carbocycles. The quantitative estimate of drug-likeness (QED) is 0.828. The van der Waals surface area contributed by atoms with Crippen molar-refractivity contribution < 1.29 is 9.90 Å². The average molecular weight is 261 g/mol. The number of rotatable bonds is 5. The summed E-state index contributed by atoms with van der Waals surface area (Å²) in [6, 6.07) is 6.86. The van der Waals surface area contributed by atoms with E-state index in [1.165, 1.54) is 19.3 Å². The lowest BCUT2D eigenvalue weighted by Gasteiger charge is -2.29. The van der Waals surface area contributed by atoms with Crippen molar-refractivity contribution in [1.29, 1.82) is 0 Å². The largest absolute Gasteiger partial charge is 0.507 e. The molecule has 3 nitrogen and oxygen atoms in total. The molecule has 19 heavy (non-hydrogen) atoms. The summed E-state index contributed by atoms with van der Waals surface area (Å²) in [4.78, 5) is 14.9. The van der Waals surface area contributed by atoms with Gasteiger partial charge < -0.3 is 10.0 Å². The number of piperidine rings is 1. The van der Waals surface area contributed by atoms with Gasteiger partial charge in [-0.2, -0.15) is 0 Å². The summed E-state index contributed by atoms with van der Waals surface area (Å²) in [6.45, 7) is 5.07. The van der Waals surface area contributed by atoms with Gasteiger partial charge in [0.05, 0.1) is 5.56 Å². The molecule has 1 aromatic carbocycles. The minimum Gasteiger partial charge on any atom is -0.507 e. The smallest absolute Gasteiger partial charge is 0.170 e. The maximum absolute atomic E-state index is 12.5. The molecule has 1 aliphatic rings. The standard InChI is InChI=1S/C16H23NO2/c1-2-13(12-17-10-6-3-7-11-17)16(19)14-8-4-5-9-15(14)18/h4-5,8-9,13,18H,2-3,6-7,10-12H2,1H3. The van der Waals surface area contributed by atoms with Crippen molar-refractivity contribution in [2.75, 3.05) is 19.6 Å². The molecule has 1 fully saturated rings. The van der Waals surface area contributed by atoms with E-state index in [4.69, 9.17) is 0 Å². The average Bonchev–Trinajstić information content (AvgIpc) is 2.46. The van der Waals surface area contributed by atoms with Gasteiger partial charge in [0.25, 0.3) is 0 Å². The molecule has 1 atom stereocenters. The summed E-state index contributed by atoms with van der Waals surface area (Å²) in [6.07, 6.45) is 4.60. The minimum atomic E-state index is -0.00796. The SMILES string of the molecule is CCC(CN1CCCCC1)C(=O)c1ccccc1O. The lowest BCUT2D eigenvalue weighted by Crippen LogP contribution is -2.36. The van der Waals surface area contributed by atoms with Crippen LogP contribution in [0, 0.1) is 5.92 Å². The Bertz CT molecular complexity index is 425. The molecule has 0 aliphatic carbocycles. The fourth-order valence-electron chi connectivity index (χ4n) is 2.75. The molecule has 1 saturated heterocycles. The van der Waals surface area contributed by atoms with Crippen molar-refractivity contribution in [3.05, 3.63) is 29.8 Å². The number of carbonyl (C=O) groups is 1. The number of hydrogen-bond donors (Lipinski definition) is 1. The van der Waals surface area contributed by atoms with Gasteiger partial charge in [0.1, 0.15) is 5.75 Å². The number of ketones is 1. The van der Waals surface area contributed by atoms with Crippen LogP contribution in [0.25, 0.3) is 0 Å². The third-order valence-electron chi connectivity index (χ3n) is 3.96. The van der Waals surface area contributed by atoms with Crippen molar-refractivity contribution in [2.45, 2.75) is 32.6 Å². The van der Waals surface area contributed by atoms with Gasteiger partial charge in [0.15, 0.2) is 5.78 Å². The molecular weight excluding hydrogens is 238 g/mol. The van der Waals surface area contributed by atoms with E-state index < -0.39 is 0 Å². The molecule has 1 aliphatic heterocycles. The molecule has 1 unspecified atom stereocenters. The third-order valence-corrected chi connectivity index (χ3v) is 3.96. The van der Waals surface area contributed by atoms with Gasteiger partial charge in [-0.1, -0.05) is 25.5 Å². The van der Waals surface area contributed by atoms with Gasteiger partial charge in [-0.15, -0.1) is 0 Å². The molecular formula is C16H23NO2. The number of benzene rings is 1. The molecule has 1 heterocycles. The molecule has 1 N–H and O–H groups in total. The Morgan fingerprint density at radius 3 is 2.58 bits per heavy atom. The third kappa shape index (κ3) is 3.57. The molecule has 104 valence electrons. The van der Waals surface area contributed by atoms with Crippen LogP contribution in [0.15, 0.2) is 24.3 Å². The Hall–Kier alpha value is -1.35. The molecule has 0 radical (unpaired) electrons. The van der Waals surface area contributed by atoms with E-state index in [1.807, 2.05) is 6.92 Å². The van der Waals surface area contributed by atoms with E-state index in [0.29, 0.717) is 5.56 Å². The van der Waals surface area contributed by atoms with Crippen LogP contribution in [0.4, 0.5) is 0 Å². The van der Waals surface area contributed by atoms with E-state index >= 15 is 0 Å². The number of phenols is 1. The predicted molar refractivity (Wildman–Crippen MR) is 76.5 cm³/mol. The Morgan fingerprint density at radius 2 is 1.95 bits per heavy atom. The van der Waals surface area contributed by atoms with E-state index in [0.717, 1.165) is 26.1 Å². The number of hydrogen-bond acceptors (Lipinski definition) is 3. The van der Waals surface area contributed by atoms with E-state index in [1.54, 1.807) is 24.3 Å². The maximum atomic E-state index is 12.5. The monoisotopic (exact) mass is 261 g/mol. The minimum absolute atomic E-state index is 0.00796. The van der Waals surface area contributed by atoms with Gasteiger partial charge >= 0.3 is 0 Å². The zero-order valence-electron chi connectivity index (χ0n) is 11.6. The highest BCUT2D eigenvalue weighted by Gasteiger charge is 2.23. The van der Waals surface area contributed by atoms with E-state index in [2.05, 4.69) is 4.90 Å². The van der Waals surface area contributed by atoms with Crippen LogP contribution in [0.1, 0.15) is 43.0 Å². The van der Waals surface area contributed by atoms with Crippen LogP contribution < -0.4 is 0 Å². The summed E-state index contributed by atoms with van der Waals surface area (Å²) in [5, 5.41) is 9.80. The molecule has 0 aromatic heterocycles. The molecule has 2 rings (SSSR count). The number of Topliss-reactive ketones (excluding diaryl/α,β-unsaturated/α-hetero) is 1. The number of likely N-dealkylation sites (tertiary alicyclic amines) is 1. The molecule has 3 heteroatoms. The van der Waals surface area contributed by atoms with Crippen molar-refractivity contribution in [2.24, 2.45) is 5.92 Å². The number of nitrogens with zero attached hydrogens (tertiary/aromatic N) is 1. The topological polar surface area (TPSA) is 40.5 Å². The Kier molecular flexibility index (Phi) is 4.97. The number of phenolic OH excluding ortho intramolecular Hbond substituents is 1. The summed E-state index contributed by atoms with van der Waals surface area (Å²) >= 11 is 0. The fraction of sp³-hybridized carbons (Fsp3) is 0.562. The second-order valence-electron chi connectivity index (χ2n) is 5.35. The normalized spacial score (nSPS) is 18.2. The lowest BCUT2D eigenvalue weighted by atomic mass is 9.93. The predicted octanol–water partition coefficient (Wildman–Crippen LogP) is 3.09. The highest BCUT2D eigenvalue weighted by Crippen LogP contribution is 2.22. The first-order chi connectivity index (χ1) is 9.22. The van der Waals surface area contributed by atoms with Crippen LogP contribution in [0.2, 0.25) is 0 Å². The zero-order valence-corrected chi connectivity index (χ0v) is 11.6. The second kappa shape index (κ2) is 6.71. The van der Waals surface area contributed by atoms with Gasteiger partial charge in [-0.3, -0.25) is 4.79 Å². The molecule has 1 aromatic rings. The van der Waals surface area contributed by atoms with Crippen LogP contribution in [0.3, 0.4) is 0 Å². The number of carbonyl (C=O) groups excluding carboxylic acids is 1. The van der Waals surface area contributed by atoms with Crippen molar-refractivity contribution in [3.8, 4) is 5.75 Å². The van der Waals surface area contributed by atoms with Crippen molar-refractivity contribution >= 4 is 5.78 Å². The lowest BCUT2D eigenvalue weighted by molar-refractivity contribution is 0.0861. The van der Waals surface area contributed by atoms with Crippen LogP contribution in [-0.4, -0.2) is 35.4 Å². The molecule has 0 spiro atoms. The van der Waals surface area contributed by atoms with Crippen LogP contribution >= 0.6 is 0 Å². The highest BCUT2D eigenvalue weighted by molar-refractivity contribution is 6.00. The van der Waals surface area contributed by atoms with E-state index in [9.17, 15) is 9.90 Å². The summed E-state index contributed by atoms with van der Waals surface area (Å²) in [5.74, 6) is 0.169. The Balaban J connectivity index is 2.04. The van der Waals surface area contributed by atoms with Crippen molar-refractivity contribution in [3.63, 3.8) is 0 Å². The number of para-hydroxylation sites is 1. The van der Waals surface area contributed by atoms with Gasteiger partial charge in [0.2, 0.25) is 0 Å². The van der Waals surface area contributed by atoms with Gasteiger partial charge in [-0.25, -0.2) is 0 Å². The second-order valence-corrected chi connectivity index (χ2v) is 5.35. The Labute approximate surface area is 115 Å².